The standard InChI is InChI=1S/C22H20ClN3O2/c1-2-9-18(22(27)28-20-15-14-19(23)25-26-20)24-21(16-10-5-3-6-11-16)17-12-7-4-8-13-17/h3-8,10-15,18H,2,9H2,1H3. The fourth-order valence-corrected chi connectivity index (χ4v) is 2.80. The quantitative estimate of drug-likeness (QED) is 0.429. The van der Waals surface area contributed by atoms with Crippen LogP contribution in [0.2, 0.25) is 5.15 Å². The smallest absolute Gasteiger partial charge is 0.337 e. The zero-order valence-electron chi connectivity index (χ0n) is 15.5. The van der Waals surface area contributed by atoms with E-state index in [2.05, 4.69) is 10.2 Å². The first-order chi connectivity index (χ1) is 13.7. The highest BCUT2D eigenvalue weighted by atomic mass is 35.5. The van der Waals surface area contributed by atoms with Crippen molar-refractivity contribution < 1.29 is 9.53 Å². The third-order valence-corrected chi connectivity index (χ3v) is 4.23. The van der Waals surface area contributed by atoms with Crippen LogP contribution >= 0.6 is 11.6 Å². The molecule has 28 heavy (non-hydrogen) atoms. The molecule has 6 heteroatoms. The van der Waals surface area contributed by atoms with Gasteiger partial charge in [-0.05, 0) is 12.5 Å². The van der Waals surface area contributed by atoms with Gasteiger partial charge >= 0.3 is 5.97 Å². The minimum Gasteiger partial charge on any atom is -0.404 e. The van der Waals surface area contributed by atoms with Gasteiger partial charge < -0.3 is 4.74 Å². The predicted molar refractivity (Wildman–Crippen MR) is 110 cm³/mol. The fraction of sp³-hybridized carbons (Fsp3) is 0.182. The van der Waals surface area contributed by atoms with Gasteiger partial charge in [-0.1, -0.05) is 85.6 Å². The summed E-state index contributed by atoms with van der Waals surface area (Å²) >= 11 is 5.73. The summed E-state index contributed by atoms with van der Waals surface area (Å²) in [6.07, 6.45) is 1.34. The maximum absolute atomic E-state index is 12.8. The van der Waals surface area contributed by atoms with Gasteiger partial charge in [0.15, 0.2) is 5.15 Å². The van der Waals surface area contributed by atoms with Crippen molar-refractivity contribution in [1.29, 1.82) is 0 Å². The maximum atomic E-state index is 12.8. The molecule has 0 aliphatic carbocycles. The average Bonchev–Trinajstić information content (AvgIpc) is 2.74. The van der Waals surface area contributed by atoms with E-state index in [9.17, 15) is 4.79 Å². The number of ether oxygens (including phenoxy) is 1. The summed E-state index contributed by atoms with van der Waals surface area (Å²) in [6.45, 7) is 2.00. The fourth-order valence-electron chi connectivity index (χ4n) is 2.70. The lowest BCUT2D eigenvalue weighted by atomic mass is 10.0. The molecule has 0 amide bonds. The van der Waals surface area contributed by atoms with Gasteiger partial charge in [-0.15, -0.1) is 10.2 Å². The lowest BCUT2D eigenvalue weighted by molar-refractivity contribution is -0.136. The minimum atomic E-state index is -0.655. The Morgan fingerprint density at radius 1 is 0.964 bits per heavy atom. The first kappa shape index (κ1) is 19.7. The number of halogens is 1. The van der Waals surface area contributed by atoms with E-state index in [-0.39, 0.29) is 11.0 Å². The van der Waals surface area contributed by atoms with Gasteiger partial charge in [0.2, 0.25) is 5.88 Å². The first-order valence-corrected chi connectivity index (χ1v) is 9.44. The monoisotopic (exact) mass is 393 g/mol. The number of hydrogen-bond donors (Lipinski definition) is 0. The molecule has 0 spiro atoms. The highest BCUT2D eigenvalue weighted by Gasteiger charge is 2.21. The molecule has 0 fully saturated rings. The van der Waals surface area contributed by atoms with E-state index in [1.165, 1.54) is 12.1 Å². The molecule has 0 aliphatic rings. The Balaban J connectivity index is 1.94. The topological polar surface area (TPSA) is 64.4 Å². The molecular weight excluding hydrogens is 374 g/mol. The van der Waals surface area contributed by atoms with Crippen LogP contribution in [0.1, 0.15) is 30.9 Å². The molecule has 3 rings (SSSR count). The van der Waals surface area contributed by atoms with Gasteiger partial charge in [-0.2, -0.15) is 0 Å². The van der Waals surface area contributed by atoms with Crippen molar-refractivity contribution in [3.8, 4) is 5.88 Å². The Bertz CT molecular complexity index is 888. The second-order valence-corrected chi connectivity index (χ2v) is 6.52. The molecule has 0 bridgehead atoms. The number of aromatic nitrogens is 2. The number of rotatable bonds is 7. The van der Waals surface area contributed by atoms with E-state index in [1.807, 2.05) is 67.6 Å². The number of benzene rings is 2. The summed E-state index contributed by atoms with van der Waals surface area (Å²) in [4.78, 5) is 17.5. The van der Waals surface area contributed by atoms with Crippen LogP contribution in [0.15, 0.2) is 77.8 Å². The van der Waals surface area contributed by atoms with Crippen LogP contribution in [0, 0.1) is 0 Å². The third kappa shape index (κ3) is 5.24. The van der Waals surface area contributed by atoms with Crippen LogP contribution < -0.4 is 4.74 Å². The average molecular weight is 394 g/mol. The number of nitrogens with zero attached hydrogens (tertiary/aromatic N) is 3. The van der Waals surface area contributed by atoms with Crippen LogP contribution in [0.5, 0.6) is 5.88 Å². The Morgan fingerprint density at radius 3 is 2.07 bits per heavy atom. The summed E-state index contributed by atoms with van der Waals surface area (Å²) in [5.41, 5.74) is 2.63. The SMILES string of the molecule is CCCC(N=C(c1ccccc1)c1ccccc1)C(=O)Oc1ccc(Cl)nn1. The predicted octanol–water partition coefficient (Wildman–Crippen LogP) is 4.74. The number of carbonyl (C=O) groups is 1. The first-order valence-electron chi connectivity index (χ1n) is 9.07. The number of esters is 1. The van der Waals surface area contributed by atoms with Crippen molar-refractivity contribution in [2.45, 2.75) is 25.8 Å². The second kappa shape index (κ2) is 9.76. The summed E-state index contributed by atoms with van der Waals surface area (Å²) in [7, 11) is 0. The van der Waals surface area contributed by atoms with Crippen LogP contribution in [0.4, 0.5) is 0 Å². The maximum Gasteiger partial charge on any atom is 0.337 e. The normalized spacial score (nSPS) is 11.5. The summed E-state index contributed by atoms with van der Waals surface area (Å²) < 4.78 is 5.38. The lowest BCUT2D eigenvalue weighted by Crippen LogP contribution is -2.26. The van der Waals surface area contributed by atoms with E-state index in [4.69, 9.17) is 21.3 Å². The molecule has 0 radical (unpaired) electrons. The van der Waals surface area contributed by atoms with Crippen molar-refractivity contribution in [2.24, 2.45) is 4.99 Å². The van der Waals surface area contributed by atoms with Crippen molar-refractivity contribution in [3.05, 3.63) is 89.1 Å². The van der Waals surface area contributed by atoms with Gasteiger partial charge in [-0.3, -0.25) is 4.99 Å². The number of carbonyl (C=O) groups excluding carboxylic acids is 1. The number of hydrogen-bond acceptors (Lipinski definition) is 5. The highest BCUT2D eigenvalue weighted by molar-refractivity contribution is 6.29. The molecule has 142 valence electrons. The van der Waals surface area contributed by atoms with E-state index >= 15 is 0 Å². The molecule has 0 saturated heterocycles. The van der Waals surface area contributed by atoms with Crippen molar-refractivity contribution in [1.82, 2.24) is 10.2 Å². The van der Waals surface area contributed by atoms with E-state index < -0.39 is 12.0 Å². The Kier molecular flexibility index (Phi) is 6.87. The van der Waals surface area contributed by atoms with E-state index in [1.54, 1.807) is 0 Å². The van der Waals surface area contributed by atoms with Gasteiger partial charge in [-0.25, -0.2) is 4.79 Å². The lowest BCUT2D eigenvalue weighted by Gasteiger charge is -2.14. The molecule has 1 unspecified atom stereocenters. The van der Waals surface area contributed by atoms with Gasteiger partial charge in [0.25, 0.3) is 0 Å². The van der Waals surface area contributed by atoms with Gasteiger partial charge in [0.05, 0.1) is 5.71 Å². The molecule has 0 N–H and O–H groups in total. The zero-order valence-corrected chi connectivity index (χ0v) is 16.2. The van der Waals surface area contributed by atoms with Crippen molar-refractivity contribution in [3.63, 3.8) is 0 Å². The van der Waals surface area contributed by atoms with Crippen molar-refractivity contribution in [2.75, 3.05) is 0 Å². The van der Waals surface area contributed by atoms with Crippen LogP contribution in [0.25, 0.3) is 0 Å². The molecule has 1 atom stereocenters. The Hall–Kier alpha value is -3.05. The van der Waals surface area contributed by atoms with Crippen molar-refractivity contribution >= 4 is 23.3 Å². The molecule has 1 aromatic heterocycles. The van der Waals surface area contributed by atoms with Gasteiger partial charge in [0.1, 0.15) is 6.04 Å². The van der Waals surface area contributed by atoms with Gasteiger partial charge in [0, 0.05) is 17.2 Å². The highest BCUT2D eigenvalue weighted by Crippen LogP contribution is 2.16. The number of aliphatic imine (C=N–C) groups is 1. The molecule has 1 heterocycles. The van der Waals surface area contributed by atoms with Crippen LogP contribution in [0.3, 0.4) is 0 Å². The van der Waals surface area contributed by atoms with Crippen LogP contribution in [-0.4, -0.2) is 27.9 Å². The largest absolute Gasteiger partial charge is 0.404 e. The Morgan fingerprint density at radius 2 is 1.57 bits per heavy atom. The van der Waals surface area contributed by atoms with E-state index in [0.29, 0.717) is 6.42 Å². The molecular formula is C22H20ClN3O2. The molecule has 0 aliphatic heterocycles. The molecule has 5 nitrogen and oxygen atoms in total. The second-order valence-electron chi connectivity index (χ2n) is 6.13. The molecule has 3 aromatic rings. The minimum absolute atomic E-state index is 0.103. The third-order valence-electron chi connectivity index (χ3n) is 4.03. The summed E-state index contributed by atoms with van der Waals surface area (Å²) in [5.74, 6) is -0.366. The summed E-state index contributed by atoms with van der Waals surface area (Å²) in [6, 6.07) is 22.0. The van der Waals surface area contributed by atoms with E-state index in [0.717, 1.165) is 23.3 Å². The zero-order chi connectivity index (χ0) is 19.8. The van der Waals surface area contributed by atoms with Crippen LogP contribution in [-0.2, 0) is 4.79 Å². The molecule has 2 aromatic carbocycles. The summed E-state index contributed by atoms with van der Waals surface area (Å²) in [5, 5.41) is 7.71. The Labute approximate surface area is 169 Å². The molecule has 0 saturated carbocycles.